The van der Waals surface area contributed by atoms with Crippen molar-refractivity contribution < 1.29 is 19.1 Å². The van der Waals surface area contributed by atoms with Gasteiger partial charge in [0.1, 0.15) is 17.1 Å². The number of hydrogen-bond donors (Lipinski definition) is 0. The molecule has 1 aliphatic rings. The molecule has 2 amide bonds. The summed E-state index contributed by atoms with van der Waals surface area (Å²) in [5.41, 5.74) is 2.10. The van der Waals surface area contributed by atoms with E-state index in [9.17, 15) is 9.59 Å². The Morgan fingerprint density at radius 3 is 1.93 bits per heavy atom. The maximum absolute atomic E-state index is 13.2. The fraction of sp³-hybridized carbons (Fsp3) is 0.364. The van der Waals surface area contributed by atoms with E-state index < -0.39 is 0 Å². The molecule has 0 spiro atoms. The zero-order valence-electron chi connectivity index (χ0n) is 16.6. The Morgan fingerprint density at radius 2 is 1.36 bits per heavy atom. The Hall–Kier alpha value is -3.02. The van der Waals surface area contributed by atoms with Crippen LogP contribution < -0.4 is 9.47 Å². The molecule has 1 aliphatic heterocycles. The van der Waals surface area contributed by atoms with Gasteiger partial charge in [-0.2, -0.15) is 0 Å². The molecule has 0 atom stereocenters. The van der Waals surface area contributed by atoms with Gasteiger partial charge < -0.3 is 19.3 Å². The van der Waals surface area contributed by atoms with Crippen molar-refractivity contribution in [1.29, 1.82) is 0 Å². The van der Waals surface area contributed by atoms with Crippen LogP contribution in [0.3, 0.4) is 0 Å². The summed E-state index contributed by atoms with van der Waals surface area (Å²) < 4.78 is 10.7. The van der Waals surface area contributed by atoms with E-state index in [1.165, 1.54) is 14.2 Å². The lowest BCUT2D eigenvalue weighted by molar-refractivity contribution is 0.0714. The first kappa shape index (κ1) is 19.7. The summed E-state index contributed by atoms with van der Waals surface area (Å²) in [7, 11) is 3.08. The van der Waals surface area contributed by atoms with Crippen molar-refractivity contribution >= 4 is 11.8 Å². The van der Waals surface area contributed by atoms with Crippen LogP contribution >= 0.6 is 0 Å². The number of carbonyl (C=O) groups is 2. The Morgan fingerprint density at radius 1 is 0.786 bits per heavy atom. The zero-order valence-corrected chi connectivity index (χ0v) is 16.6. The van der Waals surface area contributed by atoms with Crippen molar-refractivity contribution in [2.24, 2.45) is 0 Å². The van der Waals surface area contributed by atoms with Crippen molar-refractivity contribution in [3.63, 3.8) is 0 Å². The summed E-state index contributed by atoms with van der Waals surface area (Å²) in [6.07, 6.45) is 0.723. The lowest BCUT2D eigenvalue weighted by Crippen LogP contribution is -2.37. The third-order valence-corrected chi connectivity index (χ3v) is 5.09. The number of ether oxygens (including phenoxy) is 2. The number of methoxy groups -OCH3 is 2. The summed E-state index contributed by atoms with van der Waals surface area (Å²) in [6, 6.07) is 12.9. The van der Waals surface area contributed by atoms with E-state index in [0.29, 0.717) is 48.8 Å². The molecule has 0 aliphatic carbocycles. The highest BCUT2D eigenvalue weighted by atomic mass is 16.5. The second-order valence-corrected chi connectivity index (χ2v) is 6.79. The molecule has 148 valence electrons. The standard InChI is InChI=1S/C22H26N2O4/c1-16-8-4-5-9-17(16)21(25)23-12-7-13-24(15-14-23)22(26)20-18(27-2)10-6-11-19(20)28-3/h4-6,8-11H,7,12-15H2,1-3H3. The van der Waals surface area contributed by atoms with Crippen molar-refractivity contribution in [2.45, 2.75) is 13.3 Å². The SMILES string of the molecule is COc1cccc(OC)c1C(=O)N1CCCN(C(=O)c2ccccc2C)CC1. The highest BCUT2D eigenvalue weighted by Gasteiger charge is 2.27. The van der Waals surface area contributed by atoms with Gasteiger partial charge in [0.05, 0.1) is 14.2 Å². The highest BCUT2D eigenvalue weighted by Crippen LogP contribution is 2.30. The average Bonchev–Trinajstić information content (AvgIpc) is 2.98. The van der Waals surface area contributed by atoms with Crippen LogP contribution in [-0.4, -0.2) is 62.0 Å². The number of benzene rings is 2. The summed E-state index contributed by atoms with van der Waals surface area (Å²) in [5, 5.41) is 0. The van der Waals surface area contributed by atoms with Gasteiger partial charge in [-0.05, 0) is 37.1 Å². The lowest BCUT2D eigenvalue weighted by atomic mass is 10.1. The molecule has 1 heterocycles. The minimum Gasteiger partial charge on any atom is -0.496 e. The van der Waals surface area contributed by atoms with Crippen LogP contribution in [-0.2, 0) is 0 Å². The van der Waals surface area contributed by atoms with Crippen LogP contribution in [0.25, 0.3) is 0 Å². The minimum atomic E-state index is -0.139. The first-order valence-corrected chi connectivity index (χ1v) is 9.42. The maximum Gasteiger partial charge on any atom is 0.261 e. The van der Waals surface area contributed by atoms with Gasteiger partial charge in [-0.15, -0.1) is 0 Å². The van der Waals surface area contributed by atoms with Gasteiger partial charge in [0.2, 0.25) is 0 Å². The Kier molecular flexibility index (Phi) is 6.19. The lowest BCUT2D eigenvalue weighted by Gasteiger charge is -2.24. The van der Waals surface area contributed by atoms with Crippen LogP contribution in [0.5, 0.6) is 11.5 Å². The topological polar surface area (TPSA) is 59.1 Å². The zero-order chi connectivity index (χ0) is 20.1. The quantitative estimate of drug-likeness (QED) is 0.816. The fourth-order valence-electron chi connectivity index (χ4n) is 3.53. The van der Waals surface area contributed by atoms with Gasteiger partial charge in [-0.25, -0.2) is 0 Å². The third kappa shape index (κ3) is 3.96. The van der Waals surface area contributed by atoms with Crippen LogP contribution in [0.2, 0.25) is 0 Å². The molecular weight excluding hydrogens is 356 g/mol. The van der Waals surface area contributed by atoms with Crippen molar-refractivity contribution in [2.75, 3.05) is 40.4 Å². The number of nitrogens with zero attached hydrogens (tertiary/aromatic N) is 2. The second-order valence-electron chi connectivity index (χ2n) is 6.79. The van der Waals surface area contributed by atoms with E-state index in [-0.39, 0.29) is 11.8 Å². The smallest absolute Gasteiger partial charge is 0.261 e. The molecule has 0 unspecified atom stereocenters. The Bertz CT molecular complexity index is 843. The van der Waals surface area contributed by atoms with Crippen LogP contribution in [0.15, 0.2) is 42.5 Å². The van der Waals surface area contributed by atoms with Crippen LogP contribution in [0, 0.1) is 6.92 Å². The van der Waals surface area contributed by atoms with Crippen molar-refractivity contribution in [3.05, 3.63) is 59.2 Å². The number of rotatable bonds is 4. The fourth-order valence-corrected chi connectivity index (χ4v) is 3.53. The van der Waals surface area contributed by atoms with Gasteiger partial charge in [-0.3, -0.25) is 9.59 Å². The Balaban J connectivity index is 1.76. The molecule has 0 aromatic heterocycles. The summed E-state index contributed by atoms with van der Waals surface area (Å²) in [6.45, 7) is 4.11. The second kappa shape index (κ2) is 8.78. The third-order valence-electron chi connectivity index (χ3n) is 5.09. The molecule has 0 saturated carbocycles. The molecule has 1 saturated heterocycles. The number of carbonyl (C=O) groups excluding carboxylic acids is 2. The number of hydrogen-bond acceptors (Lipinski definition) is 4. The molecule has 6 heteroatoms. The molecule has 6 nitrogen and oxygen atoms in total. The molecule has 2 aromatic rings. The molecule has 2 aromatic carbocycles. The van der Waals surface area contributed by atoms with Gasteiger partial charge in [-0.1, -0.05) is 24.3 Å². The van der Waals surface area contributed by atoms with Gasteiger partial charge in [0.15, 0.2) is 0 Å². The van der Waals surface area contributed by atoms with E-state index in [4.69, 9.17) is 9.47 Å². The van der Waals surface area contributed by atoms with Crippen LogP contribution in [0.1, 0.15) is 32.7 Å². The van der Waals surface area contributed by atoms with Crippen molar-refractivity contribution in [1.82, 2.24) is 9.80 Å². The average molecular weight is 382 g/mol. The monoisotopic (exact) mass is 382 g/mol. The van der Waals surface area contributed by atoms with E-state index in [1.807, 2.05) is 36.1 Å². The van der Waals surface area contributed by atoms with Gasteiger partial charge >= 0.3 is 0 Å². The molecular formula is C22H26N2O4. The largest absolute Gasteiger partial charge is 0.496 e. The summed E-state index contributed by atoms with van der Waals surface area (Å²) >= 11 is 0. The molecule has 28 heavy (non-hydrogen) atoms. The van der Waals surface area contributed by atoms with Gasteiger partial charge in [0.25, 0.3) is 11.8 Å². The van der Waals surface area contributed by atoms with E-state index in [0.717, 1.165) is 12.0 Å². The number of amides is 2. The predicted molar refractivity (Wildman–Crippen MR) is 107 cm³/mol. The Labute approximate surface area is 165 Å². The molecule has 0 bridgehead atoms. The van der Waals surface area contributed by atoms with Gasteiger partial charge in [0, 0.05) is 31.7 Å². The molecule has 0 N–H and O–H groups in total. The molecule has 1 fully saturated rings. The number of aryl methyl sites for hydroxylation is 1. The molecule has 0 radical (unpaired) electrons. The first-order valence-electron chi connectivity index (χ1n) is 9.42. The maximum atomic E-state index is 13.2. The highest BCUT2D eigenvalue weighted by molar-refractivity contribution is 6.00. The normalized spacial score (nSPS) is 14.4. The summed E-state index contributed by atoms with van der Waals surface area (Å²) in [5.74, 6) is 0.852. The van der Waals surface area contributed by atoms with Crippen molar-refractivity contribution in [3.8, 4) is 11.5 Å². The first-order chi connectivity index (χ1) is 13.6. The van der Waals surface area contributed by atoms with Crippen LogP contribution in [0.4, 0.5) is 0 Å². The van der Waals surface area contributed by atoms with E-state index in [1.54, 1.807) is 23.1 Å². The minimum absolute atomic E-state index is 0.0160. The molecule has 3 rings (SSSR count). The van der Waals surface area contributed by atoms with E-state index in [2.05, 4.69) is 0 Å². The predicted octanol–water partition coefficient (Wildman–Crippen LogP) is 3.00. The summed E-state index contributed by atoms with van der Waals surface area (Å²) in [4.78, 5) is 29.7. The van der Waals surface area contributed by atoms with E-state index >= 15 is 0 Å².